The van der Waals surface area contributed by atoms with E-state index in [-0.39, 0.29) is 103 Å². The van der Waals surface area contributed by atoms with Crippen molar-refractivity contribution in [2.75, 3.05) is 34.2 Å². The minimum absolute atomic E-state index is 0. The quantitative estimate of drug-likeness (QED) is 0.0640. The monoisotopic (exact) mass is 871 g/mol. The molecule has 4 aromatic rings. The summed E-state index contributed by atoms with van der Waals surface area (Å²) in [5, 5.41) is 26.7. The van der Waals surface area contributed by atoms with Crippen LogP contribution in [0.15, 0.2) is 100 Å². The van der Waals surface area contributed by atoms with Crippen LogP contribution in [0.2, 0.25) is 0 Å². The number of sulfone groups is 2. The molecule has 0 aliphatic carbocycles. The third kappa shape index (κ3) is 9.71. The Balaban J connectivity index is 0.00000541. The predicted octanol–water partition coefficient (Wildman–Crippen LogP) is -1.36. The van der Waals surface area contributed by atoms with E-state index in [4.69, 9.17) is 24.7 Å². The first-order valence-electron chi connectivity index (χ1n) is 14.2. The van der Waals surface area contributed by atoms with Gasteiger partial charge in [0.2, 0.25) is 19.7 Å². The number of fused-ring (bicyclic) bond motifs is 1. The Morgan fingerprint density at radius 1 is 0.589 bits per heavy atom. The van der Waals surface area contributed by atoms with Gasteiger partial charge in [-0.25, -0.2) is 33.7 Å². The van der Waals surface area contributed by atoms with Crippen molar-refractivity contribution in [3.8, 4) is 28.7 Å². The third-order valence-corrected chi connectivity index (χ3v) is 11.8. The van der Waals surface area contributed by atoms with Crippen LogP contribution >= 0.6 is 0 Å². The zero-order chi connectivity index (χ0) is 40.6. The van der Waals surface area contributed by atoms with Gasteiger partial charge in [-0.1, -0.05) is 13.2 Å². The molecule has 0 unspecified atom stereocenters. The van der Waals surface area contributed by atoms with Crippen molar-refractivity contribution in [1.29, 1.82) is 0 Å². The third-order valence-electron chi connectivity index (χ3n) is 7.35. The summed E-state index contributed by atoms with van der Waals surface area (Å²) >= 11 is 0. The summed E-state index contributed by atoms with van der Waals surface area (Å²) in [7, 11) is -14.7. The van der Waals surface area contributed by atoms with E-state index < -0.39 is 83.3 Å². The molecule has 288 valence electrons. The fourth-order valence-electron chi connectivity index (χ4n) is 4.79. The van der Waals surface area contributed by atoms with Gasteiger partial charge >= 0.3 is 59.1 Å². The number of phenolic OH excluding ortho intramolecular Hbond substituents is 1. The number of hydrogen-bond donors (Lipinski definition) is 2. The Kier molecular flexibility index (Phi) is 15.8. The molecule has 0 amide bonds. The molecule has 0 aliphatic heterocycles. The van der Waals surface area contributed by atoms with Crippen LogP contribution in [0, 0.1) is 0 Å². The molecule has 4 rings (SSSR count). The zero-order valence-electron chi connectivity index (χ0n) is 30.2. The second kappa shape index (κ2) is 18.3. The Morgan fingerprint density at radius 3 is 1.29 bits per heavy atom. The number of anilines is 1. The number of aromatic hydroxyl groups is 1. The Hall–Kier alpha value is -3.66. The maximum absolute atomic E-state index is 12.5. The van der Waals surface area contributed by atoms with E-state index >= 15 is 0 Å². The Bertz CT molecular complexity index is 2580. The second-order valence-corrected chi connectivity index (χ2v) is 16.8. The maximum atomic E-state index is 12.5. The zero-order valence-corrected chi connectivity index (χ0v) is 37.5. The average Bonchev–Trinajstić information content (AvgIpc) is 3.11. The number of nitrogen functional groups attached to an aromatic ring is 1. The molecule has 20 nitrogen and oxygen atoms in total. The van der Waals surface area contributed by atoms with Crippen molar-refractivity contribution >= 4 is 79.1 Å². The van der Waals surface area contributed by atoms with E-state index in [2.05, 4.69) is 33.6 Å². The Labute approximate surface area is 365 Å². The fraction of sp³-hybridized carbons (Fsp3) is 0.133. The first-order valence-corrected chi connectivity index (χ1v) is 20.2. The molecule has 0 bridgehead atoms. The molecular weight excluding hydrogens is 845 g/mol. The first kappa shape index (κ1) is 48.5. The molecule has 0 aliphatic rings. The average molecular weight is 872 g/mol. The Morgan fingerprint density at radius 2 is 0.946 bits per heavy atom. The summed E-state index contributed by atoms with van der Waals surface area (Å²) in [6.07, 6.45) is 0. The smallest absolute Gasteiger partial charge is 0.744 e. The molecule has 0 atom stereocenters. The molecule has 0 fully saturated rings. The van der Waals surface area contributed by atoms with E-state index in [1.165, 1.54) is 0 Å². The normalized spacial score (nSPS) is 12.2. The first-order chi connectivity index (χ1) is 25.1. The number of nitrogens with two attached hydrogens (primary N) is 1. The van der Waals surface area contributed by atoms with E-state index in [1.807, 2.05) is 0 Å². The van der Waals surface area contributed by atoms with Crippen molar-refractivity contribution < 1.29 is 126 Å². The molecule has 56 heavy (non-hydrogen) atoms. The van der Waals surface area contributed by atoms with E-state index in [1.54, 1.807) is 0 Å². The summed E-state index contributed by atoms with van der Waals surface area (Å²) in [5.41, 5.74) is 2.97. The summed E-state index contributed by atoms with van der Waals surface area (Å²) in [6, 6.07) is 5.22. The van der Waals surface area contributed by atoms with Gasteiger partial charge in [-0.3, -0.25) is 0 Å². The van der Waals surface area contributed by atoms with Gasteiger partial charge < -0.3 is 38.9 Å². The van der Waals surface area contributed by atoms with Crippen LogP contribution in [0.1, 0.15) is 0 Å². The number of ether oxygens (including phenoxy) is 4. The predicted molar refractivity (Wildman–Crippen MR) is 188 cm³/mol. The van der Waals surface area contributed by atoms with Crippen LogP contribution in [0.5, 0.6) is 28.7 Å². The molecular formula is C30H27N5Na2O15S4. The molecule has 4 aromatic carbocycles. The van der Waals surface area contributed by atoms with Crippen molar-refractivity contribution in [3.05, 3.63) is 60.4 Å². The molecule has 0 spiro atoms. The topological polar surface area (TPSA) is 315 Å². The standard InChI is InChI=1S/C30H29N5O15S4.2Na/c1-7-51(37,38)22-13-18(47-3)16(11-20(22)49-5)32-34-28-24(53(41,42)43)9-15-10-25(54(44,45)46)29(30(36)26(15)27(28)31)35-33-17-12-21(50-6)23(14-19(17)48-4)52(39,40)8-2;;/h7-14,36H,1-2,31H2,3-6H3,(H,41,42,43)(H,44,45,46);;/q;2*+1/p-2. The van der Waals surface area contributed by atoms with E-state index in [0.717, 1.165) is 52.7 Å². The summed E-state index contributed by atoms with van der Waals surface area (Å²) in [6.45, 7) is 6.49. The van der Waals surface area contributed by atoms with Crippen LogP contribution in [-0.4, -0.2) is 76.3 Å². The number of rotatable bonds is 14. The molecule has 0 radical (unpaired) electrons. The maximum Gasteiger partial charge on any atom is 1.00 e. The number of phenols is 1. The summed E-state index contributed by atoms with van der Waals surface area (Å²) in [4.78, 5) is -3.20. The van der Waals surface area contributed by atoms with Gasteiger partial charge in [-0.15, -0.1) is 20.5 Å². The minimum Gasteiger partial charge on any atom is -0.744 e. The number of nitrogens with zero attached hydrogens (tertiary/aromatic N) is 4. The molecule has 3 N–H and O–H groups in total. The largest absolute Gasteiger partial charge is 1.00 e. The van der Waals surface area contributed by atoms with Crippen molar-refractivity contribution in [2.45, 2.75) is 19.6 Å². The summed E-state index contributed by atoms with van der Waals surface area (Å²) in [5.74, 6) is -2.19. The number of benzene rings is 4. The number of azo groups is 2. The van der Waals surface area contributed by atoms with E-state index in [0.29, 0.717) is 22.9 Å². The van der Waals surface area contributed by atoms with Crippen molar-refractivity contribution in [2.24, 2.45) is 20.5 Å². The summed E-state index contributed by atoms with van der Waals surface area (Å²) < 4.78 is 145. The molecule has 0 saturated carbocycles. The van der Waals surface area contributed by atoms with Gasteiger partial charge in [0, 0.05) is 35.1 Å². The van der Waals surface area contributed by atoms with Gasteiger partial charge in [0.1, 0.15) is 75.8 Å². The van der Waals surface area contributed by atoms with Gasteiger partial charge in [-0.05, 0) is 17.5 Å². The van der Waals surface area contributed by atoms with Gasteiger partial charge in [-0.2, -0.15) is 0 Å². The SMILES string of the molecule is C=CS(=O)(=O)c1cc(OC)c(N=Nc2c(S(=O)(=O)[O-])cc3cc(S(=O)(=O)[O-])c(N=Nc4cc(OC)c(S(=O)(=O)C=C)cc4OC)c(O)c3c2N)cc1OC.[Na+].[Na+]. The molecule has 26 heteroatoms. The number of methoxy groups -OCH3 is 4. The van der Waals surface area contributed by atoms with Gasteiger partial charge in [0.15, 0.2) is 5.75 Å². The van der Waals surface area contributed by atoms with Gasteiger partial charge in [0.25, 0.3) is 0 Å². The van der Waals surface area contributed by atoms with Crippen molar-refractivity contribution in [1.82, 2.24) is 0 Å². The van der Waals surface area contributed by atoms with Gasteiger partial charge in [0.05, 0.1) is 49.3 Å². The second-order valence-electron chi connectivity index (χ2n) is 10.4. The van der Waals surface area contributed by atoms with E-state index in [9.17, 15) is 47.9 Å². The van der Waals surface area contributed by atoms with Crippen LogP contribution in [-0.2, 0) is 39.9 Å². The fourth-order valence-corrected chi connectivity index (χ4v) is 7.84. The van der Waals surface area contributed by atoms with Crippen LogP contribution in [0.4, 0.5) is 28.4 Å². The van der Waals surface area contributed by atoms with Crippen LogP contribution in [0.25, 0.3) is 10.8 Å². The molecule has 0 saturated heterocycles. The minimum atomic E-state index is -5.55. The molecule has 0 aromatic heterocycles. The van der Waals surface area contributed by atoms with Crippen LogP contribution in [0.3, 0.4) is 0 Å². The van der Waals surface area contributed by atoms with Crippen molar-refractivity contribution in [3.63, 3.8) is 0 Å². The van der Waals surface area contributed by atoms with Crippen LogP contribution < -0.4 is 83.8 Å². The molecule has 0 heterocycles. The number of hydrogen-bond acceptors (Lipinski definition) is 20.